The molecule has 0 saturated carbocycles. The zero-order valence-electron chi connectivity index (χ0n) is 9.19. The minimum Gasteiger partial charge on any atom is -0.394 e. The van der Waals surface area contributed by atoms with Gasteiger partial charge in [0.15, 0.2) is 0 Å². The van der Waals surface area contributed by atoms with Crippen molar-refractivity contribution in [1.29, 1.82) is 0 Å². The van der Waals surface area contributed by atoms with Crippen LogP contribution in [0.1, 0.15) is 0 Å². The summed E-state index contributed by atoms with van der Waals surface area (Å²) in [5, 5.41) is 15.2. The quantitative estimate of drug-likeness (QED) is 0.737. The van der Waals surface area contributed by atoms with E-state index >= 15 is 0 Å². The Hall–Kier alpha value is -1.02. The average molecular weight is 411 g/mol. The SMILES string of the molecule is OCCO.[Pt].[c-]1ccccc1-c1ccccn1. The fourth-order valence-corrected chi connectivity index (χ4v) is 1.07. The van der Waals surface area contributed by atoms with Gasteiger partial charge in [-0.25, -0.2) is 0 Å². The molecule has 0 spiro atoms. The predicted octanol–water partition coefficient (Wildman–Crippen LogP) is 1.52. The molecule has 17 heavy (non-hydrogen) atoms. The van der Waals surface area contributed by atoms with Gasteiger partial charge in [-0.1, -0.05) is 12.1 Å². The maximum Gasteiger partial charge on any atom is 0.0662 e. The van der Waals surface area contributed by atoms with E-state index in [4.69, 9.17) is 10.2 Å². The van der Waals surface area contributed by atoms with Gasteiger partial charge >= 0.3 is 0 Å². The summed E-state index contributed by atoms with van der Waals surface area (Å²) in [5.74, 6) is 0. The number of benzene rings is 1. The Bertz CT molecular complexity index is 342. The standard InChI is InChI=1S/C11H8N.C2H6O2.Pt/c1-2-6-10(7-3-1)11-8-4-5-9-12-11;3-1-2-4;/h1-6,8-9H;3-4H,1-2H2;/q-1;;. The number of hydrogen-bond donors (Lipinski definition) is 2. The summed E-state index contributed by atoms with van der Waals surface area (Å²) in [7, 11) is 0. The molecule has 0 aliphatic heterocycles. The molecular formula is C13H14NO2Pt-. The maximum atomic E-state index is 7.62. The normalized spacial score (nSPS) is 8.59. The minimum absolute atomic E-state index is 0. The van der Waals surface area contributed by atoms with Crippen LogP contribution < -0.4 is 0 Å². The monoisotopic (exact) mass is 411 g/mol. The first-order valence-corrected chi connectivity index (χ1v) is 4.98. The molecule has 2 rings (SSSR count). The van der Waals surface area contributed by atoms with E-state index in [9.17, 15) is 0 Å². The number of aliphatic hydroxyl groups excluding tert-OH is 2. The third kappa shape index (κ3) is 6.32. The van der Waals surface area contributed by atoms with Gasteiger partial charge in [-0.05, 0) is 11.8 Å². The van der Waals surface area contributed by atoms with E-state index in [0.717, 1.165) is 11.3 Å². The van der Waals surface area contributed by atoms with E-state index in [1.807, 2.05) is 42.5 Å². The van der Waals surface area contributed by atoms with Gasteiger partial charge in [0.2, 0.25) is 0 Å². The number of nitrogens with zero attached hydrogens (tertiary/aromatic N) is 1. The molecule has 2 aromatic rings. The Morgan fingerprint density at radius 2 is 1.71 bits per heavy atom. The second-order valence-corrected chi connectivity index (χ2v) is 2.94. The zero-order chi connectivity index (χ0) is 11.6. The van der Waals surface area contributed by atoms with E-state index in [1.165, 1.54) is 0 Å². The van der Waals surface area contributed by atoms with Gasteiger partial charge in [0.1, 0.15) is 0 Å². The molecule has 94 valence electrons. The summed E-state index contributed by atoms with van der Waals surface area (Å²) in [6.45, 7) is -0.250. The molecule has 1 heterocycles. The first-order valence-electron chi connectivity index (χ1n) is 4.98. The molecule has 4 heteroatoms. The third-order valence-corrected chi connectivity index (χ3v) is 1.75. The van der Waals surface area contributed by atoms with E-state index in [-0.39, 0.29) is 34.3 Å². The molecule has 0 atom stereocenters. The molecule has 0 saturated heterocycles. The van der Waals surface area contributed by atoms with E-state index in [1.54, 1.807) is 6.20 Å². The molecule has 0 aliphatic carbocycles. The van der Waals surface area contributed by atoms with Crippen molar-refractivity contribution < 1.29 is 31.3 Å². The van der Waals surface area contributed by atoms with Crippen LogP contribution in [0.3, 0.4) is 0 Å². The predicted molar refractivity (Wildman–Crippen MR) is 62.7 cm³/mol. The van der Waals surface area contributed by atoms with Crippen LogP contribution in [0.2, 0.25) is 0 Å². The molecule has 0 radical (unpaired) electrons. The van der Waals surface area contributed by atoms with Crippen LogP contribution in [0.5, 0.6) is 0 Å². The van der Waals surface area contributed by atoms with Crippen molar-refractivity contribution in [2.45, 2.75) is 0 Å². The number of aromatic nitrogens is 1. The number of hydrogen-bond acceptors (Lipinski definition) is 3. The summed E-state index contributed by atoms with van der Waals surface area (Å²) >= 11 is 0. The summed E-state index contributed by atoms with van der Waals surface area (Å²) in [4.78, 5) is 4.22. The summed E-state index contributed by atoms with van der Waals surface area (Å²) in [6.07, 6.45) is 1.79. The fourth-order valence-electron chi connectivity index (χ4n) is 1.07. The number of rotatable bonds is 2. The molecule has 1 aromatic carbocycles. The van der Waals surface area contributed by atoms with Crippen molar-refractivity contribution in [3.8, 4) is 11.3 Å². The topological polar surface area (TPSA) is 53.4 Å². The van der Waals surface area contributed by atoms with Crippen molar-refractivity contribution in [3.05, 3.63) is 54.7 Å². The first-order chi connectivity index (χ1) is 7.88. The van der Waals surface area contributed by atoms with Gasteiger partial charge in [-0.3, -0.25) is 0 Å². The van der Waals surface area contributed by atoms with E-state index < -0.39 is 0 Å². The average Bonchev–Trinajstić information content (AvgIpc) is 2.41. The fraction of sp³-hybridized carbons (Fsp3) is 0.154. The van der Waals surface area contributed by atoms with Crippen LogP contribution in [0, 0.1) is 6.07 Å². The molecule has 0 aliphatic rings. The minimum atomic E-state index is -0.125. The Kier molecular flexibility index (Phi) is 9.54. The van der Waals surface area contributed by atoms with Crippen molar-refractivity contribution in [1.82, 2.24) is 4.98 Å². The summed E-state index contributed by atoms with van der Waals surface area (Å²) < 4.78 is 0. The molecular weight excluding hydrogens is 397 g/mol. The Balaban J connectivity index is 0.000000453. The molecule has 0 amide bonds. The summed E-state index contributed by atoms with van der Waals surface area (Å²) in [5.41, 5.74) is 2.01. The van der Waals surface area contributed by atoms with Gasteiger partial charge < -0.3 is 15.2 Å². The molecule has 0 fully saturated rings. The van der Waals surface area contributed by atoms with Crippen LogP contribution in [-0.2, 0) is 21.1 Å². The Morgan fingerprint density at radius 3 is 2.18 bits per heavy atom. The second kappa shape index (κ2) is 10.2. The van der Waals surface area contributed by atoms with Gasteiger partial charge in [0.25, 0.3) is 0 Å². The van der Waals surface area contributed by atoms with Crippen LogP contribution in [0.15, 0.2) is 48.7 Å². The number of pyridine rings is 1. The van der Waals surface area contributed by atoms with Crippen molar-refractivity contribution in [2.24, 2.45) is 0 Å². The van der Waals surface area contributed by atoms with Crippen LogP contribution in [0.4, 0.5) is 0 Å². The molecule has 2 N–H and O–H groups in total. The van der Waals surface area contributed by atoms with Crippen LogP contribution >= 0.6 is 0 Å². The molecule has 3 nitrogen and oxygen atoms in total. The number of aliphatic hydroxyl groups is 2. The zero-order valence-corrected chi connectivity index (χ0v) is 11.5. The van der Waals surface area contributed by atoms with Crippen LogP contribution in [0.25, 0.3) is 11.3 Å². The van der Waals surface area contributed by atoms with Crippen LogP contribution in [-0.4, -0.2) is 28.4 Å². The van der Waals surface area contributed by atoms with Gasteiger partial charge in [-0.15, -0.1) is 35.9 Å². The smallest absolute Gasteiger partial charge is 0.0662 e. The molecule has 1 aromatic heterocycles. The second-order valence-electron chi connectivity index (χ2n) is 2.94. The summed E-state index contributed by atoms with van der Waals surface area (Å²) in [6, 6.07) is 16.8. The third-order valence-electron chi connectivity index (χ3n) is 1.75. The molecule has 0 bridgehead atoms. The van der Waals surface area contributed by atoms with E-state index in [0.29, 0.717) is 0 Å². The van der Waals surface area contributed by atoms with Gasteiger partial charge in [-0.2, -0.15) is 0 Å². The Labute approximate surface area is 115 Å². The first kappa shape index (κ1) is 16.0. The van der Waals surface area contributed by atoms with Crippen molar-refractivity contribution in [2.75, 3.05) is 13.2 Å². The van der Waals surface area contributed by atoms with Gasteiger partial charge in [0, 0.05) is 27.3 Å². The molecule has 0 unspecified atom stereocenters. The maximum absolute atomic E-state index is 7.62. The van der Waals surface area contributed by atoms with Crippen molar-refractivity contribution in [3.63, 3.8) is 0 Å². The Morgan fingerprint density at radius 1 is 1.00 bits per heavy atom. The largest absolute Gasteiger partial charge is 0.394 e. The van der Waals surface area contributed by atoms with E-state index in [2.05, 4.69) is 11.1 Å². The van der Waals surface area contributed by atoms with Crippen molar-refractivity contribution >= 4 is 0 Å². The van der Waals surface area contributed by atoms with Gasteiger partial charge in [0.05, 0.1) is 13.2 Å².